The van der Waals surface area contributed by atoms with Crippen LogP contribution in [0.25, 0.3) is 0 Å². The minimum absolute atomic E-state index is 0.181. The first-order valence-electron chi connectivity index (χ1n) is 7.43. The molecule has 1 heterocycles. The van der Waals surface area contributed by atoms with Crippen LogP contribution in [0.1, 0.15) is 25.7 Å². The van der Waals surface area contributed by atoms with E-state index in [4.69, 9.17) is 4.74 Å². The van der Waals surface area contributed by atoms with Crippen LogP contribution in [-0.2, 0) is 14.3 Å². The molecule has 6 rings (SSSR count). The SMILES string of the molecule is O=C1OC(=O)[C@@H]2[C@H]3C=C[C@H]([C@@H]12)[C@H]1C2=C(CCCC2)[C@H]31. The van der Waals surface area contributed by atoms with Crippen molar-refractivity contribution in [1.29, 1.82) is 0 Å². The molecule has 3 heteroatoms. The summed E-state index contributed by atoms with van der Waals surface area (Å²) in [6.07, 6.45) is 9.42. The monoisotopic (exact) mass is 256 g/mol. The highest BCUT2D eigenvalue weighted by Crippen LogP contribution is 2.65. The van der Waals surface area contributed by atoms with E-state index in [1.807, 2.05) is 0 Å². The summed E-state index contributed by atoms with van der Waals surface area (Å²) in [5.41, 5.74) is 3.25. The van der Waals surface area contributed by atoms with E-state index in [2.05, 4.69) is 12.2 Å². The normalized spacial score (nSPS) is 49.5. The van der Waals surface area contributed by atoms with Crippen LogP contribution in [0.5, 0.6) is 0 Å². The van der Waals surface area contributed by atoms with Crippen LogP contribution in [0.4, 0.5) is 0 Å². The quantitative estimate of drug-likeness (QED) is 0.379. The lowest BCUT2D eigenvalue weighted by Gasteiger charge is -2.58. The minimum Gasteiger partial charge on any atom is -0.393 e. The predicted molar refractivity (Wildman–Crippen MR) is 66.7 cm³/mol. The largest absolute Gasteiger partial charge is 0.393 e. The number of allylic oxidation sites excluding steroid dienone is 4. The summed E-state index contributed by atoms with van der Waals surface area (Å²) in [5, 5.41) is 0. The molecular formula is C16H16O3. The van der Waals surface area contributed by atoms with Crippen LogP contribution in [-0.4, -0.2) is 11.9 Å². The predicted octanol–water partition coefficient (Wildman–Crippen LogP) is 2.23. The Morgan fingerprint density at radius 2 is 1.26 bits per heavy atom. The third kappa shape index (κ3) is 1.03. The Morgan fingerprint density at radius 1 is 0.789 bits per heavy atom. The number of carbonyl (C=O) groups excluding carboxylic acids is 2. The molecule has 0 amide bonds. The molecule has 1 saturated carbocycles. The Hall–Kier alpha value is -1.38. The molecule has 3 nitrogen and oxygen atoms in total. The van der Waals surface area contributed by atoms with E-state index >= 15 is 0 Å². The van der Waals surface area contributed by atoms with E-state index in [0.717, 1.165) is 0 Å². The molecule has 2 fully saturated rings. The van der Waals surface area contributed by atoms with Gasteiger partial charge >= 0.3 is 11.9 Å². The van der Waals surface area contributed by atoms with Crippen LogP contribution in [0, 0.1) is 35.5 Å². The summed E-state index contributed by atoms with van der Waals surface area (Å²) in [6, 6.07) is 0. The van der Waals surface area contributed by atoms with Gasteiger partial charge in [0, 0.05) is 0 Å². The van der Waals surface area contributed by atoms with Crippen LogP contribution in [0.15, 0.2) is 23.3 Å². The average molecular weight is 256 g/mol. The molecule has 6 aliphatic rings. The van der Waals surface area contributed by atoms with Gasteiger partial charge in [0.1, 0.15) is 0 Å². The summed E-state index contributed by atoms with van der Waals surface area (Å²) in [4.78, 5) is 23.9. The van der Waals surface area contributed by atoms with E-state index < -0.39 is 0 Å². The van der Waals surface area contributed by atoms with E-state index in [-0.39, 0.29) is 35.6 Å². The van der Waals surface area contributed by atoms with Gasteiger partial charge in [0.15, 0.2) is 0 Å². The first-order chi connectivity index (χ1) is 9.27. The molecule has 19 heavy (non-hydrogen) atoms. The molecule has 0 spiro atoms. The zero-order valence-electron chi connectivity index (χ0n) is 10.7. The third-order valence-electron chi connectivity index (χ3n) is 6.09. The van der Waals surface area contributed by atoms with Crippen molar-refractivity contribution >= 4 is 11.9 Å². The van der Waals surface area contributed by atoms with E-state index in [1.54, 1.807) is 11.1 Å². The molecular weight excluding hydrogens is 240 g/mol. The third-order valence-corrected chi connectivity index (χ3v) is 6.09. The number of rotatable bonds is 0. The molecule has 0 N–H and O–H groups in total. The standard InChI is InChI=1S/C16H16O3/c17-15-13-9-5-6-10(14(13)16(18)19-15)12-8-4-2-1-3-7(8)11(9)12/h5-6,9-14H,1-4H2/t9-,10-,11+,12+,13+,14+/m0/s1. The fourth-order valence-corrected chi connectivity index (χ4v) is 5.50. The fraction of sp³-hybridized carbons (Fsp3) is 0.625. The second kappa shape index (κ2) is 3.20. The molecule has 0 radical (unpaired) electrons. The summed E-state index contributed by atoms with van der Waals surface area (Å²) in [7, 11) is 0. The number of hydrogen-bond donors (Lipinski definition) is 0. The van der Waals surface area contributed by atoms with Gasteiger partial charge in [-0.2, -0.15) is 0 Å². The van der Waals surface area contributed by atoms with Gasteiger partial charge < -0.3 is 4.74 Å². The Balaban J connectivity index is 1.64. The number of ether oxygens (including phenoxy) is 1. The van der Waals surface area contributed by atoms with Crippen molar-refractivity contribution in [2.24, 2.45) is 35.5 Å². The molecule has 0 aromatic heterocycles. The zero-order chi connectivity index (χ0) is 12.7. The number of hydrogen-bond acceptors (Lipinski definition) is 3. The minimum atomic E-state index is -0.266. The number of carbonyl (C=O) groups is 2. The molecule has 0 aromatic carbocycles. The van der Waals surface area contributed by atoms with Gasteiger partial charge in [-0.25, -0.2) is 0 Å². The first kappa shape index (κ1) is 10.4. The van der Waals surface area contributed by atoms with Gasteiger partial charge in [-0.1, -0.05) is 23.3 Å². The molecule has 2 bridgehead atoms. The number of esters is 2. The second-order valence-electron chi connectivity index (χ2n) is 6.64. The van der Waals surface area contributed by atoms with E-state index in [9.17, 15) is 9.59 Å². The second-order valence-corrected chi connectivity index (χ2v) is 6.64. The Labute approximate surface area is 111 Å². The molecule has 5 aliphatic carbocycles. The Bertz CT molecular complexity index is 523. The lowest BCUT2D eigenvalue weighted by Crippen LogP contribution is -2.55. The van der Waals surface area contributed by atoms with Crippen molar-refractivity contribution in [3.63, 3.8) is 0 Å². The first-order valence-corrected chi connectivity index (χ1v) is 7.43. The van der Waals surface area contributed by atoms with Gasteiger partial charge in [-0.05, 0) is 49.4 Å². The molecule has 98 valence electrons. The van der Waals surface area contributed by atoms with Crippen molar-refractivity contribution in [2.75, 3.05) is 0 Å². The Kier molecular flexibility index (Phi) is 1.75. The smallest absolute Gasteiger partial charge is 0.318 e. The molecule has 6 atom stereocenters. The Morgan fingerprint density at radius 3 is 1.74 bits per heavy atom. The summed E-state index contributed by atoms with van der Waals surface area (Å²) < 4.78 is 4.93. The maximum absolute atomic E-state index is 12.0. The van der Waals surface area contributed by atoms with Crippen LogP contribution < -0.4 is 0 Å². The summed E-state index contributed by atoms with van der Waals surface area (Å²) in [6.45, 7) is 0. The van der Waals surface area contributed by atoms with Crippen molar-refractivity contribution < 1.29 is 14.3 Å². The van der Waals surface area contributed by atoms with E-state index in [1.165, 1.54) is 25.7 Å². The zero-order valence-corrected chi connectivity index (χ0v) is 10.7. The summed E-state index contributed by atoms with van der Waals surface area (Å²) in [5.74, 6) is 0.663. The average Bonchev–Trinajstić information content (AvgIpc) is 2.72. The van der Waals surface area contributed by atoms with Crippen molar-refractivity contribution in [3.05, 3.63) is 23.3 Å². The maximum Gasteiger partial charge on any atom is 0.318 e. The number of cyclic esters (lactones) is 2. The molecule has 0 aromatic rings. The van der Waals surface area contributed by atoms with Crippen molar-refractivity contribution in [2.45, 2.75) is 25.7 Å². The van der Waals surface area contributed by atoms with E-state index in [0.29, 0.717) is 11.8 Å². The summed E-state index contributed by atoms with van der Waals surface area (Å²) >= 11 is 0. The van der Waals surface area contributed by atoms with Crippen LogP contribution in [0.2, 0.25) is 0 Å². The maximum atomic E-state index is 12.0. The molecule has 1 aliphatic heterocycles. The molecule has 0 unspecified atom stereocenters. The lowest BCUT2D eigenvalue weighted by molar-refractivity contribution is -0.154. The highest BCUT2D eigenvalue weighted by molar-refractivity contribution is 5.98. The van der Waals surface area contributed by atoms with Crippen molar-refractivity contribution in [1.82, 2.24) is 0 Å². The van der Waals surface area contributed by atoms with Gasteiger partial charge in [0.2, 0.25) is 0 Å². The topological polar surface area (TPSA) is 43.4 Å². The highest BCUT2D eigenvalue weighted by atomic mass is 16.6. The van der Waals surface area contributed by atoms with Crippen LogP contribution in [0.3, 0.4) is 0 Å². The lowest BCUT2D eigenvalue weighted by atomic mass is 9.44. The molecule has 1 saturated heterocycles. The van der Waals surface area contributed by atoms with Gasteiger partial charge in [0.25, 0.3) is 0 Å². The van der Waals surface area contributed by atoms with Crippen LogP contribution >= 0.6 is 0 Å². The van der Waals surface area contributed by atoms with Crippen molar-refractivity contribution in [3.8, 4) is 0 Å². The highest BCUT2D eigenvalue weighted by Gasteiger charge is 2.65. The van der Waals surface area contributed by atoms with Gasteiger partial charge in [0.05, 0.1) is 11.8 Å². The van der Waals surface area contributed by atoms with Gasteiger partial charge in [-0.3, -0.25) is 9.59 Å². The van der Waals surface area contributed by atoms with Gasteiger partial charge in [-0.15, -0.1) is 0 Å². The fourth-order valence-electron chi connectivity index (χ4n) is 5.50.